The molecule has 0 bridgehead atoms. The number of ether oxygens (including phenoxy) is 9. The third kappa shape index (κ3) is 35.5. The SMILES string of the molecule is NCCCNC(=O)CCOCC(COCCC(=O)NCCCN)(COCCC(=O)NCCCN)NC(=O)CCOCCOCCOCCOCCOCCC(=O)OCc1ccccc1. The lowest BCUT2D eigenvalue weighted by atomic mass is 10.0. The van der Waals surface area contributed by atoms with Crippen LogP contribution in [-0.2, 0) is 73.2 Å². The molecule has 64 heavy (non-hydrogen) atoms. The first-order chi connectivity index (χ1) is 31.2. The van der Waals surface area contributed by atoms with E-state index in [1.165, 1.54) is 0 Å². The van der Waals surface area contributed by atoms with E-state index in [0.717, 1.165) is 5.56 Å². The summed E-state index contributed by atoms with van der Waals surface area (Å²) >= 11 is 0. The van der Waals surface area contributed by atoms with Gasteiger partial charge in [-0.15, -0.1) is 0 Å². The molecule has 0 aromatic heterocycles. The van der Waals surface area contributed by atoms with Crippen LogP contribution >= 0.6 is 0 Å². The zero-order valence-electron chi connectivity index (χ0n) is 37.8. The van der Waals surface area contributed by atoms with Gasteiger partial charge in [0.2, 0.25) is 23.6 Å². The molecule has 21 heteroatoms. The number of nitrogens with two attached hydrogens (primary N) is 3. The van der Waals surface area contributed by atoms with Crippen LogP contribution in [0.2, 0.25) is 0 Å². The fourth-order valence-corrected chi connectivity index (χ4v) is 5.26. The van der Waals surface area contributed by atoms with Gasteiger partial charge in [-0.1, -0.05) is 30.3 Å². The summed E-state index contributed by atoms with van der Waals surface area (Å²) in [4.78, 5) is 61.9. The molecule has 4 amide bonds. The molecule has 1 aromatic carbocycles. The third-order valence-electron chi connectivity index (χ3n) is 8.72. The summed E-state index contributed by atoms with van der Waals surface area (Å²) in [5, 5.41) is 11.3. The van der Waals surface area contributed by atoms with Crippen molar-refractivity contribution in [3.63, 3.8) is 0 Å². The lowest BCUT2D eigenvalue weighted by molar-refractivity contribution is -0.146. The van der Waals surface area contributed by atoms with Crippen molar-refractivity contribution in [3.05, 3.63) is 35.9 Å². The number of benzene rings is 1. The van der Waals surface area contributed by atoms with Gasteiger partial charge in [0, 0.05) is 45.3 Å². The molecule has 0 heterocycles. The number of amides is 4. The van der Waals surface area contributed by atoms with Gasteiger partial charge in [0.25, 0.3) is 0 Å². The first-order valence-corrected chi connectivity index (χ1v) is 22.3. The number of esters is 1. The molecule has 0 saturated carbocycles. The Morgan fingerprint density at radius 2 is 0.781 bits per heavy atom. The van der Waals surface area contributed by atoms with Crippen molar-refractivity contribution in [1.82, 2.24) is 21.3 Å². The fraction of sp³-hybridized carbons (Fsp3) is 0.744. The lowest BCUT2D eigenvalue weighted by Crippen LogP contribution is -2.59. The van der Waals surface area contributed by atoms with Gasteiger partial charge < -0.3 is 81.1 Å². The summed E-state index contributed by atoms with van der Waals surface area (Å²) in [6.07, 6.45) is 2.34. The Morgan fingerprint density at radius 3 is 1.17 bits per heavy atom. The smallest absolute Gasteiger partial charge is 0.308 e. The first-order valence-electron chi connectivity index (χ1n) is 22.3. The molecule has 0 aliphatic heterocycles. The summed E-state index contributed by atoms with van der Waals surface area (Å²) in [6, 6.07) is 9.47. The number of carbonyl (C=O) groups is 5. The van der Waals surface area contributed by atoms with Crippen LogP contribution in [-0.4, -0.2) is 180 Å². The second kappa shape index (κ2) is 41.8. The summed E-state index contributed by atoms with van der Waals surface area (Å²) in [5.41, 5.74) is 16.2. The molecule has 0 aliphatic rings. The van der Waals surface area contributed by atoms with Gasteiger partial charge in [-0.25, -0.2) is 0 Å². The minimum atomic E-state index is -1.23. The van der Waals surface area contributed by atoms with E-state index >= 15 is 0 Å². The van der Waals surface area contributed by atoms with Gasteiger partial charge in [0.05, 0.1) is 112 Å². The zero-order chi connectivity index (χ0) is 46.6. The molecular formula is C43H77N7O14. The summed E-state index contributed by atoms with van der Waals surface area (Å²) in [6.45, 7) is 5.90. The quantitative estimate of drug-likeness (QED) is 0.0307. The van der Waals surface area contributed by atoms with E-state index in [2.05, 4.69) is 21.3 Å². The minimum Gasteiger partial charge on any atom is -0.461 e. The van der Waals surface area contributed by atoms with E-state index < -0.39 is 5.54 Å². The second-order valence-electron chi connectivity index (χ2n) is 14.4. The highest BCUT2D eigenvalue weighted by molar-refractivity contribution is 5.77. The van der Waals surface area contributed by atoms with E-state index in [0.29, 0.717) is 98.2 Å². The van der Waals surface area contributed by atoms with E-state index in [1.807, 2.05) is 30.3 Å². The highest BCUT2D eigenvalue weighted by Crippen LogP contribution is 2.11. The van der Waals surface area contributed by atoms with Crippen LogP contribution in [0.1, 0.15) is 56.9 Å². The summed E-state index contributed by atoms with van der Waals surface area (Å²) in [5.74, 6) is -1.31. The molecule has 21 nitrogen and oxygen atoms in total. The molecule has 1 aromatic rings. The zero-order valence-corrected chi connectivity index (χ0v) is 37.8. The van der Waals surface area contributed by atoms with Crippen molar-refractivity contribution in [2.24, 2.45) is 17.2 Å². The van der Waals surface area contributed by atoms with Crippen molar-refractivity contribution >= 4 is 29.6 Å². The molecule has 0 radical (unpaired) electrons. The van der Waals surface area contributed by atoms with E-state index in [4.69, 9.17) is 59.8 Å². The van der Waals surface area contributed by atoms with Crippen molar-refractivity contribution < 1.29 is 66.6 Å². The molecule has 0 spiro atoms. The Morgan fingerprint density at radius 1 is 0.438 bits per heavy atom. The summed E-state index contributed by atoms with van der Waals surface area (Å²) < 4.78 is 50.5. The maximum atomic E-state index is 13.3. The standard InChI is InChI=1S/C43H77N7O14/c44-14-4-17-47-38(51)9-21-61-34-43(35-62-22-10-39(52)48-18-5-15-45,36-63-23-11-40(53)49-19-6-16-46)50-41(54)12-20-56-25-27-58-29-31-60-32-30-59-28-26-57-24-13-42(55)64-33-37-7-2-1-3-8-37/h1-3,7-8H,4-6,9-36,44-46H2,(H,47,51)(H,48,52)(H,49,53)(H,50,54). The molecule has 0 atom stereocenters. The Labute approximate surface area is 378 Å². The predicted octanol–water partition coefficient (Wildman–Crippen LogP) is -0.937. The second-order valence-corrected chi connectivity index (χ2v) is 14.4. The van der Waals surface area contributed by atoms with Crippen LogP contribution in [0.4, 0.5) is 0 Å². The van der Waals surface area contributed by atoms with E-state index in [9.17, 15) is 24.0 Å². The van der Waals surface area contributed by atoms with Crippen LogP contribution in [0.3, 0.4) is 0 Å². The van der Waals surface area contributed by atoms with E-state index in [-0.39, 0.29) is 134 Å². The number of hydrogen-bond donors (Lipinski definition) is 7. The molecule has 0 saturated heterocycles. The number of rotatable bonds is 45. The summed E-state index contributed by atoms with van der Waals surface area (Å²) in [7, 11) is 0. The molecule has 0 unspecified atom stereocenters. The third-order valence-corrected chi connectivity index (χ3v) is 8.72. The maximum Gasteiger partial charge on any atom is 0.308 e. The van der Waals surface area contributed by atoms with Crippen LogP contribution < -0.4 is 38.5 Å². The minimum absolute atomic E-state index is 0.00611. The highest BCUT2D eigenvalue weighted by Gasteiger charge is 2.34. The first kappa shape index (κ1) is 58.1. The maximum absolute atomic E-state index is 13.3. The number of carbonyl (C=O) groups excluding carboxylic acids is 5. The van der Waals surface area contributed by atoms with Crippen molar-refractivity contribution in [3.8, 4) is 0 Å². The van der Waals surface area contributed by atoms with Crippen LogP contribution in [0.25, 0.3) is 0 Å². The average Bonchev–Trinajstić information content (AvgIpc) is 3.29. The lowest BCUT2D eigenvalue weighted by Gasteiger charge is -2.34. The Hall–Kier alpha value is -3.87. The fourth-order valence-electron chi connectivity index (χ4n) is 5.26. The molecule has 0 fully saturated rings. The van der Waals surface area contributed by atoms with Crippen molar-refractivity contribution in [2.45, 2.75) is 63.5 Å². The van der Waals surface area contributed by atoms with Crippen LogP contribution in [0, 0.1) is 0 Å². The molecule has 368 valence electrons. The van der Waals surface area contributed by atoms with Crippen molar-refractivity contribution in [1.29, 1.82) is 0 Å². The van der Waals surface area contributed by atoms with Gasteiger partial charge in [-0.2, -0.15) is 0 Å². The number of nitrogens with one attached hydrogen (secondary N) is 4. The van der Waals surface area contributed by atoms with Gasteiger partial charge in [0.15, 0.2) is 0 Å². The van der Waals surface area contributed by atoms with E-state index in [1.54, 1.807) is 0 Å². The predicted molar refractivity (Wildman–Crippen MR) is 237 cm³/mol. The largest absolute Gasteiger partial charge is 0.461 e. The average molecular weight is 916 g/mol. The Kier molecular flexibility index (Phi) is 38.0. The molecule has 0 aliphatic carbocycles. The normalized spacial score (nSPS) is 11.3. The number of hydrogen-bond acceptors (Lipinski definition) is 17. The molecule has 1 rings (SSSR count). The van der Waals surface area contributed by atoms with Gasteiger partial charge in [0.1, 0.15) is 12.1 Å². The topological polar surface area (TPSA) is 295 Å². The van der Waals surface area contributed by atoms with Crippen molar-refractivity contribution in [2.75, 3.05) is 145 Å². The van der Waals surface area contributed by atoms with Gasteiger partial charge in [-0.3, -0.25) is 24.0 Å². The molecular weight excluding hydrogens is 839 g/mol. The van der Waals surface area contributed by atoms with Crippen LogP contribution in [0.5, 0.6) is 0 Å². The Balaban J connectivity index is 2.45. The van der Waals surface area contributed by atoms with Crippen LogP contribution in [0.15, 0.2) is 30.3 Å². The van der Waals surface area contributed by atoms with Gasteiger partial charge >= 0.3 is 5.97 Å². The monoisotopic (exact) mass is 916 g/mol. The van der Waals surface area contributed by atoms with Gasteiger partial charge in [-0.05, 0) is 44.5 Å². The highest BCUT2D eigenvalue weighted by atomic mass is 16.6. The molecule has 10 N–H and O–H groups in total. The Bertz CT molecular complexity index is 1260.